The van der Waals surface area contributed by atoms with E-state index in [1.807, 2.05) is 30.3 Å². The van der Waals surface area contributed by atoms with Crippen molar-refractivity contribution in [1.29, 1.82) is 0 Å². The molecule has 5 heteroatoms. The summed E-state index contributed by atoms with van der Waals surface area (Å²) in [7, 11) is 0. The number of benzene rings is 1. The van der Waals surface area contributed by atoms with Crippen molar-refractivity contribution in [1.82, 2.24) is 0 Å². The average molecular weight is 182 g/mol. The van der Waals surface area contributed by atoms with E-state index in [1.165, 1.54) is 6.21 Å². The highest BCUT2D eigenvalue weighted by molar-refractivity contribution is 5.78. The zero-order valence-corrected chi connectivity index (χ0v) is 6.79. The first-order chi connectivity index (χ1) is 6.16. The van der Waals surface area contributed by atoms with Crippen molar-refractivity contribution in [3.63, 3.8) is 0 Å². The molecule has 0 bridgehead atoms. The van der Waals surface area contributed by atoms with Crippen LogP contribution in [0.5, 0.6) is 0 Å². The number of carboxylic acid groups (broad SMARTS) is 1. The second kappa shape index (κ2) is 6.66. The lowest BCUT2D eigenvalue weighted by Crippen LogP contribution is -2.03. The largest absolute Gasteiger partial charge is 0.465 e. The van der Waals surface area contributed by atoms with Gasteiger partial charge >= 0.3 is 6.09 Å². The Morgan fingerprint density at radius 3 is 2.23 bits per heavy atom. The second-order valence-electron chi connectivity index (χ2n) is 1.99. The Bertz CT molecular complexity index is 268. The first kappa shape index (κ1) is 11.0. The molecule has 0 fully saturated rings. The van der Waals surface area contributed by atoms with Crippen LogP contribution in [0.4, 0.5) is 4.79 Å². The van der Waals surface area contributed by atoms with Crippen LogP contribution >= 0.6 is 0 Å². The predicted octanol–water partition coefficient (Wildman–Crippen LogP) is 1.12. The van der Waals surface area contributed by atoms with Crippen LogP contribution in [0.1, 0.15) is 5.56 Å². The van der Waals surface area contributed by atoms with E-state index in [0.29, 0.717) is 0 Å². The molecule has 0 aliphatic heterocycles. The van der Waals surface area contributed by atoms with Crippen molar-refractivity contribution >= 4 is 12.3 Å². The van der Waals surface area contributed by atoms with E-state index in [4.69, 9.17) is 15.1 Å². The molecule has 0 aliphatic rings. The van der Waals surface area contributed by atoms with Crippen LogP contribution in [0.2, 0.25) is 0 Å². The minimum absolute atomic E-state index is 0.903. The van der Waals surface area contributed by atoms with Gasteiger partial charge in [0.15, 0.2) is 0 Å². The van der Waals surface area contributed by atoms with Gasteiger partial charge in [-0.15, -0.1) is 0 Å². The Hall–Kier alpha value is -2.04. The molecular weight excluding hydrogens is 172 g/mol. The molecule has 1 aromatic carbocycles. The van der Waals surface area contributed by atoms with Crippen LogP contribution in [-0.2, 0) is 0 Å². The first-order valence-corrected chi connectivity index (χ1v) is 3.37. The molecule has 0 unspecified atom stereocenters. The summed E-state index contributed by atoms with van der Waals surface area (Å²) < 4.78 is 0. The summed E-state index contributed by atoms with van der Waals surface area (Å²) in [5, 5.41) is 18.2. The van der Waals surface area contributed by atoms with Crippen molar-refractivity contribution in [3.8, 4) is 0 Å². The Balaban J connectivity index is 0.000000310. The standard InChI is InChI=1S/C7H7NO.CH3NO2/c9-8-6-7-4-2-1-3-5-7;2-1(3)4/h1-6,9H;2H2,(H,3,4)/b8-6-;. The van der Waals surface area contributed by atoms with Gasteiger partial charge in [0, 0.05) is 0 Å². The van der Waals surface area contributed by atoms with Gasteiger partial charge in [-0.3, -0.25) is 0 Å². The van der Waals surface area contributed by atoms with Crippen LogP contribution in [0, 0.1) is 0 Å². The number of oxime groups is 1. The molecule has 5 nitrogen and oxygen atoms in total. The fourth-order valence-corrected chi connectivity index (χ4v) is 0.606. The molecule has 1 rings (SSSR count). The quantitative estimate of drug-likeness (QED) is 0.345. The summed E-state index contributed by atoms with van der Waals surface area (Å²) in [5.74, 6) is 0. The normalized spacial score (nSPS) is 8.92. The maximum absolute atomic E-state index is 8.78. The lowest BCUT2D eigenvalue weighted by molar-refractivity contribution is 0.205. The fraction of sp³-hybridized carbons (Fsp3) is 0. The molecule has 0 atom stereocenters. The molecular formula is C8H10N2O3. The van der Waals surface area contributed by atoms with Crippen LogP contribution in [-0.4, -0.2) is 22.6 Å². The van der Waals surface area contributed by atoms with Gasteiger partial charge in [-0.1, -0.05) is 35.5 Å². The van der Waals surface area contributed by atoms with Gasteiger partial charge in [0.2, 0.25) is 0 Å². The number of primary amides is 1. The maximum atomic E-state index is 8.78. The first-order valence-electron chi connectivity index (χ1n) is 3.37. The molecule has 0 saturated heterocycles. The van der Waals surface area contributed by atoms with Gasteiger partial charge in [0.1, 0.15) is 0 Å². The second-order valence-corrected chi connectivity index (χ2v) is 1.99. The van der Waals surface area contributed by atoms with Crippen molar-refractivity contribution in [2.45, 2.75) is 0 Å². The van der Waals surface area contributed by atoms with E-state index < -0.39 is 6.09 Å². The van der Waals surface area contributed by atoms with Gasteiger partial charge in [0.25, 0.3) is 0 Å². The van der Waals surface area contributed by atoms with Crippen LogP contribution in [0.3, 0.4) is 0 Å². The van der Waals surface area contributed by atoms with Crippen LogP contribution in [0.25, 0.3) is 0 Å². The molecule has 0 radical (unpaired) electrons. The van der Waals surface area contributed by atoms with E-state index in [2.05, 4.69) is 10.9 Å². The Labute approximate surface area is 75.1 Å². The van der Waals surface area contributed by atoms with Gasteiger partial charge < -0.3 is 16.0 Å². The van der Waals surface area contributed by atoms with E-state index in [-0.39, 0.29) is 0 Å². The molecule has 0 aliphatic carbocycles. The maximum Gasteiger partial charge on any atom is 0.402 e. The number of rotatable bonds is 1. The molecule has 70 valence electrons. The lowest BCUT2D eigenvalue weighted by atomic mass is 10.2. The number of amides is 1. The number of carbonyl (C=O) groups is 1. The average Bonchev–Trinajstić information content (AvgIpc) is 2.06. The SMILES string of the molecule is NC(=O)O.O/N=C\c1ccccc1. The Morgan fingerprint density at radius 2 is 1.85 bits per heavy atom. The van der Waals surface area contributed by atoms with Gasteiger partial charge in [-0.2, -0.15) is 0 Å². The van der Waals surface area contributed by atoms with E-state index >= 15 is 0 Å². The minimum atomic E-state index is -1.33. The molecule has 1 amide bonds. The van der Waals surface area contributed by atoms with Crippen LogP contribution in [0.15, 0.2) is 35.5 Å². The molecule has 1 aromatic rings. The summed E-state index contributed by atoms with van der Waals surface area (Å²) in [4.78, 5) is 8.78. The minimum Gasteiger partial charge on any atom is -0.465 e. The van der Waals surface area contributed by atoms with E-state index in [9.17, 15) is 0 Å². The van der Waals surface area contributed by atoms with Crippen molar-refractivity contribution in [2.24, 2.45) is 10.9 Å². The lowest BCUT2D eigenvalue weighted by Gasteiger charge is -1.85. The predicted molar refractivity (Wildman–Crippen MR) is 48.0 cm³/mol. The van der Waals surface area contributed by atoms with E-state index in [1.54, 1.807) is 0 Å². The van der Waals surface area contributed by atoms with E-state index in [0.717, 1.165) is 5.56 Å². The van der Waals surface area contributed by atoms with Crippen molar-refractivity contribution < 1.29 is 15.1 Å². The zero-order valence-electron chi connectivity index (χ0n) is 6.79. The molecule has 0 heterocycles. The van der Waals surface area contributed by atoms with Gasteiger partial charge in [-0.05, 0) is 5.56 Å². The van der Waals surface area contributed by atoms with Crippen LogP contribution < -0.4 is 5.73 Å². The molecule has 13 heavy (non-hydrogen) atoms. The van der Waals surface area contributed by atoms with Crippen molar-refractivity contribution in [3.05, 3.63) is 35.9 Å². The summed E-state index contributed by atoms with van der Waals surface area (Å²) in [6.45, 7) is 0. The molecule has 4 N–H and O–H groups in total. The number of hydrogen-bond acceptors (Lipinski definition) is 3. The highest BCUT2D eigenvalue weighted by Crippen LogP contribution is 1.92. The number of nitrogens with zero attached hydrogens (tertiary/aromatic N) is 1. The van der Waals surface area contributed by atoms with Gasteiger partial charge in [-0.25, -0.2) is 4.79 Å². The summed E-state index contributed by atoms with van der Waals surface area (Å²) in [6.07, 6.45) is 0.0556. The zero-order chi connectivity index (χ0) is 10.1. The number of nitrogens with two attached hydrogens (primary N) is 1. The van der Waals surface area contributed by atoms with Crippen molar-refractivity contribution in [2.75, 3.05) is 0 Å². The Kier molecular flexibility index (Phi) is 5.61. The third-order valence-electron chi connectivity index (χ3n) is 1.01. The highest BCUT2D eigenvalue weighted by atomic mass is 16.4. The summed E-state index contributed by atoms with van der Waals surface area (Å²) in [6, 6.07) is 9.40. The number of hydrogen-bond donors (Lipinski definition) is 3. The Morgan fingerprint density at radius 1 is 1.38 bits per heavy atom. The fourth-order valence-electron chi connectivity index (χ4n) is 0.606. The molecule has 0 saturated carbocycles. The third-order valence-corrected chi connectivity index (χ3v) is 1.01. The highest BCUT2D eigenvalue weighted by Gasteiger charge is 1.79. The summed E-state index contributed by atoms with van der Waals surface area (Å²) in [5.41, 5.74) is 4.93. The molecule has 0 spiro atoms. The smallest absolute Gasteiger partial charge is 0.402 e. The monoisotopic (exact) mass is 182 g/mol. The topological polar surface area (TPSA) is 95.9 Å². The molecule has 0 aromatic heterocycles. The summed E-state index contributed by atoms with van der Waals surface area (Å²) >= 11 is 0. The third kappa shape index (κ3) is 7.86. The van der Waals surface area contributed by atoms with Gasteiger partial charge in [0.05, 0.1) is 6.21 Å².